The molecule has 0 fully saturated rings. The molecule has 76 valence electrons. The zero-order valence-electron chi connectivity index (χ0n) is 7.96. The van der Waals surface area contributed by atoms with Crippen molar-refractivity contribution in [1.29, 1.82) is 0 Å². The first-order valence-electron chi connectivity index (χ1n) is 4.60. The monoisotopic (exact) mass is 218 g/mol. The number of hydrogen-bond donors (Lipinski definition) is 1. The van der Waals surface area contributed by atoms with Gasteiger partial charge in [-0.15, -0.1) is 11.3 Å². The molecule has 0 unspecified atom stereocenters. The van der Waals surface area contributed by atoms with Crippen LogP contribution in [0.4, 0.5) is 0 Å². The third-order valence-corrected chi connectivity index (χ3v) is 3.01. The Bertz CT molecular complexity index is 434. The first-order valence-corrected chi connectivity index (χ1v) is 5.48. The molecule has 1 atom stereocenters. The van der Waals surface area contributed by atoms with Crippen LogP contribution >= 0.6 is 11.3 Å². The Morgan fingerprint density at radius 1 is 1.13 bits per heavy atom. The van der Waals surface area contributed by atoms with Gasteiger partial charge in [-0.1, -0.05) is 36.4 Å². The van der Waals surface area contributed by atoms with Crippen LogP contribution in [-0.4, -0.2) is 10.9 Å². The highest BCUT2D eigenvalue weighted by Gasteiger charge is 2.19. The number of hydrogen-bond acceptors (Lipinski definition) is 3. The predicted molar refractivity (Wildman–Crippen MR) is 60.1 cm³/mol. The molecule has 0 spiro atoms. The molecule has 0 bridgehead atoms. The van der Waals surface area contributed by atoms with E-state index in [-0.39, 0.29) is 5.78 Å². The molecule has 0 saturated heterocycles. The maximum Gasteiger partial charge on any atom is 0.205 e. The minimum absolute atomic E-state index is 0.240. The normalized spacial score (nSPS) is 12.3. The minimum atomic E-state index is -1.05. The second-order valence-corrected chi connectivity index (χ2v) is 4.10. The molecule has 0 aliphatic carbocycles. The summed E-state index contributed by atoms with van der Waals surface area (Å²) in [5.74, 6) is -0.240. The Labute approximate surface area is 91.8 Å². The fourth-order valence-electron chi connectivity index (χ4n) is 1.34. The van der Waals surface area contributed by atoms with Gasteiger partial charge in [-0.3, -0.25) is 4.79 Å². The van der Waals surface area contributed by atoms with Gasteiger partial charge in [0, 0.05) is 0 Å². The van der Waals surface area contributed by atoms with Gasteiger partial charge in [-0.2, -0.15) is 0 Å². The summed E-state index contributed by atoms with van der Waals surface area (Å²) in [7, 11) is 0. The van der Waals surface area contributed by atoms with Crippen LogP contribution in [0.25, 0.3) is 0 Å². The average Bonchev–Trinajstić information content (AvgIpc) is 2.82. The zero-order valence-corrected chi connectivity index (χ0v) is 8.78. The molecule has 1 aromatic carbocycles. The molecular weight excluding hydrogens is 208 g/mol. The van der Waals surface area contributed by atoms with Crippen molar-refractivity contribution >= 4 is 17.1 Å². The smallest absolute Gasteiger partial charge is 0.205 e. The summed E-state index contributed by atoms with van der Waals surface area (Å²) < 4.78 is 0. The highest BCUT2D eigenvalue weighted by molar-refractivity contribution is 7.12. The minimum Gasteiger partial charge on any atom is -0.380 e. The number of aliphatic hydroxyl groups is 1. The van der Waals surface area contributed by atoms with Gasteiger partial charge < -0.3 is 5.11 Å². The molecule has 2 nitrogen and oxygen atoms in total. The average molecular weight is 218 g/mol. The van der Waals surface area contributed by atoms with Crippen LogP contribution in [0.3, 0.4) is 0 Å². The van der Waals surface area contributed by atoms with Crippen molar-refractivity contribution < 1.29 is 9.90 Å². The molecule has 1 heterocycles. The molecule has 0 saturated carbocycles. The van der Waals surface area contributed by atoms with Gasteiger partial charge in [0.1, 0.15) is 6.10 Å². The van der Waals surface area contributed by atoms with E-state index in [4.69, 9.17) is 0 Å². The Morgan fingerprint density at radius 3 is 2.47 bits per heavy atom. The van der Waals surface area contributed by atoms with Crippen LogP contribution in [0.1, 0.15) is 21.3 Å². The van der Waals surface area contributed by atoms with E-state index in [1.807, 2.05) is 11.4 Å². The lowest BCUT2D eigenvalue weighted by Crippen LogP contribution is -2.10. The van der Waals surface area contributed by atoms with Crippen LogP contribution in [0.2, 0.25) is 0 Å². The van der Waals surface area contributed by atoms with Crippen molar-refractivity contribution in [2.24, 2.45) is 0 Å². The summed E-state index contributed by atoms with van der Waals surface area (Å²) in [6.07, 6.45) is -1.05. The van der Waals surface area contributed by atoms with Gasteiger partial charge in [-0.05, 0) is 17.0 Å². The fourth-order valence-corrected chi connectivity index (χ4v) is 2.03. The number of aliphatic hydroxyl groups excluding tert-OH is 1. The van der Waals surface area contributed by atoms with Gasteiger partial charge in [0.2, 0.25) is 5.78 Å². The Balaban J connectivity index is 2.23. The van der Waals surface area contributed by atoms with Gasteiger partial charge in [0.05, 0.1) is 4.88 Å². The van der Waals surface area contributed by atoms with Crippen molar-refractivity contribution in [3.8, 4) is 0 Å². The maximum absolute atomic E-state index is 11.8. The van der Waals surface area contributed by atoms with Crippen molar-refractivity contribution in [3.63, 3.8) is 0 Å². The molecule has 2 aromatic rings. The third-order valence-electron chi connectivity index (χ3n) is 2.13. The second-order valence-electron chi connectivity index (χ2n) is 3.15. The van der Waals surface area contributed by atoms with E-state index in [1.54, 1.807) is 36.4 Å². The predicted octanol–water partition coefficient (Wildman–Crippen LogP) is 2.66. The SMILES string of the molecule is O=C(c1cccs1)[C@H](O)c1ccccc1. The molecule has 0 aliphatic rings. The lowest BCUT2D eigenvalue weighted by atomic mass is 10.1. The summed E-state index contributed by atoms with van der Waals surface area (Å²) in [5.41, 5.74) is 0.635. The first kappa shape index (κ1) is 10.1. The van der Waals surface area contributed by atoms with Crippen molar-refractivity contribution in [2.75, 3.05) is 0 Å². The molecule has 0 radical (unpaired) electrons. The van der Waals surface area contributed by atoms with E-state index >= 15 is 0 Å². The highest BCUT2D eigenvalue weighted by Crippen LogP contribution is 2.20. The van der Waals surface area contributed by atoms with E-state index in [0.29, 0.717) is 10.4 Å². The van der Waals surface area contributed by atoms with Crippen molar-refractivity contribution in [3.05, 3.63) is 58.3 Å². The largest absolute Gasteiger partial charge is 0.380 e. The van der Waals surface area contributed by atoms with Crippen LogP contribution in [0, 0.1) is 0 Å². The van der Waals surface area contributed by atoms with Crippen LogP contribution < -0.4 is 0 Å². The summed E-state index contributed by atoms with van der Waals surface area (Å²) in [4.78, 5) is 12.4. The number of carbonyl (C=O) groups excluding carboxylic acids is 1. The Hall–Kier alpha value is -1.45. The van der Waals surface area contributed by atoms with Crippen LogP contribution in [0.5, 0.6) is 0 Å². The second kappa shape index (κ2) is 4.38. The number of Topliss-reactive ketones (excluding diaryl/α,β-unsaturated/α-hetero) is 1. The first-order chi connectivity index (χ1) is 7.29. The lowest BCUT2D eigenvalue weighted by Gasteiger charge is -2.07. The molecule has 0 aliphatic heterocycles. The maximum atomic E-state index is 11.8. The summed E-state index contributed by atoms with van der Waals surface area (Å²) >= 11 is 1.34. The molecule has 15 heavy (non-hydrogen) atoms. The summed E-state index contributed by atoms with van der Waals surface area (Å²) in [6, 6.07) is 12.5. The van der Waals surface area contributed by atoms with Crippen LogP contribution in [-0.2, 0) is 0 Å². The Kier molecular flexibility index (Phi) is 2.94. The van der Waals surface area contributed by atoms with E-state index < -0.39 is 6.10 Å². The van der Waals surface area contributed by atoms with Crippen LogP contribution in [0.15, 0.2) is 47.8 Å². The number of thiophene rings is 1. The molecule has 3 heteroatoms. The van der Waals surface area contributed by atoms with Gasteiger partial charge in [0.15, 0.2) is 0 Å². The molecule has 0 amide bonds. The van der Waals surface area contributed by atoms with Gasteiger partial charge in [0.25, 0.3) is 0 Å². The van der Waals surface area contributed by atoms with Gasteiger partial charge in [-0.25, -0.2) is 0 Å². The van der Waals surface area contributed by atoms with Crippen molar-refractivity contribution in [1.82, 2.24) is 0 Å². The number of ketones is 1. The zero-order chi connectivity index (χ0) is 10.7. The van der Waals surface area contributed by atoms with Crippen molar-refractivity contribution in [2.45, 2.75) is 6.10 Å². The summed E-state index contributed by atoms with van der Waals surface area (Å²) in [5, 5.41) is 11.6. The van der Waals surface area contributed by atoms with E-state index in [9.17, 15) is 9.90 Å². The van der Waals surface area contributed by atoms with E-state index in [2.05, 4.69) is 0 Å². The van der Waals surface area contributed by atoms with Gasteiger partial charge >= 0.3 is 0 Å². The third kappa shape index (κ3) is 2.14. The number of benzene rings is 1. The fraction of sp³-hybridized carbons (Fsp3) is 0.0833. The Morgan fingerprint density at radius 2 is 1.87 bits per heavy atom. The molecule has 1 aromatic heterocycles. The summed E-state index contributed by atoms with van der Waals surface area (Å²) in [6.45, 7) is 0. The number of rotatable bonds is 3. The topological polar surface area (TPSA) is 37.3 Å². The molecular formula is C12H10O2S. The highest BCUT2D eigenvalue weighted by atomic mass is 32.1. The quantitative estimate of drug-likeness (QED) is 0.804. The lowest BCUT2D eigenvalue weighted by molar-refractivity contribution is 0.0752. The molecule has 2 rings (SSSR count). The van der Waals surface area contributed by atoms with E-state index in [1.165, 1.54) is 11.3 Å². The van der Waals surface area contributed by atoms with E-state index in [0.717, 1.165) is 0 Å². The number of carbonyl (C=O) groups is 1. The standard InChI is InChI=1S/C12H10O2S/c13-11(9-5-2-1-3-6-9)12(14)10-7-4-8-15-10/h1-8,11,13H/t11-/m1/s1. The molecule has 1 N–H and O–H groups in total.